The van der Waals surface area contributed by atoms with Gasteiger partial charge in [-0.25, -0.2) is 9.97 Å². The van der Waals surface area contributed by atoms with Gasteiger partial charge in [-0.1, -0.05) is 42.1 Å². The van der Waals surface area contributed by atoms with Crippen molar-refractivity contribution in [2.45, 2.75) is 17.5 Å². The normalized spacial score (nSPS) is 14.3. The molecule has 4 aromatic rings. The third-order valence-corrected chi connectivity index (χ3v) is 6.69. The molecule has 0 bridgehead atoms. The molecule has 9 heteroatoms. The molecule has 1 N–H and O–H groups in total. The monoisotopic (exact) mass is 489 g/mol. The maximum atomic E-state index is 12.4. The number of benzene rings is 1. The second-order valence-corrected chi connectivity index (χ2v) is 9.31. The van der Waals surface area contributed by atoms with Crippen LogP contribution < -0.4 is 10.2 Å². The van der Waals surface area contributed by atoms with Crippen LogP contribution in [-0.4, -0.2) is 54.0 Å². The third kappa shape index (κ3) is 5.93. The summed E-state index contributed by atoms with van der Waals surface area (Å²) in [4.78, 5) is 26.7. The van der Waals surface area contributed by atoms with Gasteiger partial charge in [-0.15, -0.1) is 0 Å². The van der Waals surface area contributed by atoms with Crippen LogP contribution in [0, 0.1) is 0 Å². The molecule has 0 spiro atoms. The molecular weight excluding hydrogens is 462 g/mol. The lowest BCUT2D eigenvalue weighted by molar-refractivity contribution is 0.0919. The number of hydrogen-bond acceptors (Lipinski definition) is 8. The number of anilines is 1. The number of carbonyl (C=O) groups is 1. The molecule has 0 atom stereocenters. The first-order chi connectivity index (χ1) is 17.1. The fourth-order valence-electron chi connectivity index (χ4n) is 3.81. The fraction of sp³-hybridized carbons (Fsp3) is 0.269. The van der Waals surface area contributed by atoms with Crippen LogP contribution >= 0.6 is 11.8 Å². The lowest BCUT2D eigenvalue weighted by atomic mass is 10.1. The lowest BCUT2D eigenvalue weighted by Gasteiger charge is -2.33. The number of amides is 1. The molecule has 35 heavy (non-hydrogen) atoms. The van der Waals surface area contributed by atoms with E-state index >= 15 is 0 Å². The number of furan rings is 2. The van der Waals surface area contributed by atoms with Gasteiger partial charge in [0.05, 0.1) is 24.3 Å². The largest absolute Gasteiger partial charge is 0.467 e. The Labute approximate surface area is 208 Å². The quantitative estimate of drug-likeness (QED) is 0.290. The van der Waals surface area contributed by atoms with Crippen LogP contribution in [0.15, 0.2) is 80.9 Å². The Bertz CT molecular complexity index is 1250. The van der Waals surface area contributed by atoms with Crippen LogP contribution in [0.4, 0.5) is 5.82 Å². The van der Waals surface area contributed by atoms with Crippen molar-refractivity contribution in [1.82, 2.24) is 20.2 Å². The summed E-state index contributed by atoms with van der Waals surface area (Å²) in [6, 6.07) is 19.3. The van der Waals surface area contributed by atoms with Crippen molar-refractivity contribution in [2.24, 2.45) is 0 Å². The van der Waals surface area contributed by atoms with Crippen LogP contribution in [0.2, 0.25) is 0 Å². The maximum absolute atomic E-state index is 12.4. The molecule has 0 aliphatic carbocycles. The second kappa shape index (κ2) is 10.8. The van der Waals surface area contributed by atoms with E-state index in [-0.39, 0.29) is 11.7 Å². The van der Waals surface area contributed by atoms with Gasteiger partial charge in [-0.3, -0.25) is 4.79 Å². The molecule has 0 radical (unpaired) electrons. The lowest BCUT2D eigenvalue weighted by Crippen LogP contribution is -2.44. The van der Waals surface area contributed by atoms with Gasteiger partial charge in [0.1, 0.15) is 17.3 Å². The third-order valence-electron chi connectivity index (χ3n) is 5.82. The van der Waals surface area contributed by atoms with Gasteiger partial charge in [0, 0.05) is 37.8 Å². The number of piperazine rings is 1. The summed E-state index contributed by atoms with van der Waals surface area (Å²) in [5.41, 5.74) is 1.95. The molecule has 5 rings (SSSR count). The van der Waals surface area contributed by atoms with Gasteiger partial charge < -0.3 is 24.0 Å². The number of carbonyl (C=O) groups excluding carboxylic acids is 1. The van der Waals surface area contributed by atoms with Crippen molar-refractivity contribution in [1.29, 1.82) is 0 Å². The topological polar surface area (TPSA) is 87.6 Å². The van der Waals surface area contributed by atoms with Crippen molar-refractivity contribution in [3.63, 3.8) is 0 Å². The minimum absolute atomic E-state index is 0.268. The highest BCUT2D eigenvalue weighted by atomic mass is 32.2. The minimum Gasteiger partial charge on any atom is -0.467 e. The molecule has 1 saturated heterocycles. The van der Waals surface area contributed by atoms with E-state index in [0.717, 1.165) is 43.3 Å². The van der Waals surface area contributed by atoms with Crippen LogP contribution in [-0.2, 0) is 12.3 Å². The van der Waals surface area contributed by atoms with Gasteiger partial charge >= 0.3 is 0 Å². The number of aromatic nitrogens is 2. The second-order valence-electron chi connectivity index (χ2n) is 8.37. The van der Waals surface area contributed by atoms with Gasteiger partial charge in [0.25, 0.3) is 5.91 Å². The summed E-state index contributed by atoms with van der Waals surface area (Å²) in [5, 5.41) is 3.48. The summed E-state index contributed by atoms with van der Waals surface area (Å²) in [7, 11) is 2.14. The SMILES string of the molecule is CN1CCN(c2cc(-c3ccccc3)nc(SCc3ccc(C(=O)NCc4ccco4)o3)n2)CC1. The standard InChI is InChI=1S/C26H27N5O3S/c1-30-11-13-31(14-12-30)24-16-22(19-6-3-2-4-7-19)28-26(29-24)35-18-21-9-10-23(34-21)25(32)27-17-20-8-5-15-33-20/h2-10,15-16H,11-14,17-18H2,1H3,(H,27,32). The molecule has 3 aromatic heterocycles. The summed E-state index contributed by atoms with van der Waals surface area (Å²) in [5.74, 6) is 2.82. The van der Waals surface area contributed by atoms with Crippen molar-refractivity contribution < 1.29 is 13.6 Å². The first kappa shape index (κ1) is 23.2. The highest BCUT2D eigenvalue weighted by Crippen LogP contribution is 2.28. The van der Waals surface area contributed by atoms with Crippen LogP contribution in [0.25, 0.3) is 11.3 Å². The van der Waals surface area contributed by atoms with E-state index in [2.05, 4.69) is 40.4 Å². The Balaban J connectivity index is 1.28. The van der Waals surface area contributed by atoms with Crippen LogP contribution in [0.3, 0.4) is 0 Å². The van der Waals surface area contributed by atoms with Gasteiger partial charge in [0.15, 0.2) is 10.9 Å². The fourth-order valence-corrected chi connectivity index (χ4v) is 4.56. The van der Waals surface area contributed by atoms with Gasteiger partial charge in [-0.2, -0.15) is 0 Å². The van der Waals surface area contributed by atoms with E-state index in [9.17, 15) is 4.79 Å². The van der Waals surface area contributed by atoms with E-state index in [0.29, 0.717) is 29.0 Å². The number of nitrogens with zero attached hydrogens (tertiary/aromatic N) is 4. The van der Waals surface area contributed by atoms with Crippen molar-refractivity contribution in [2.75, 3.05) is 38.1 Å². The molecular formula is C26H27N5O3S. The molecule has 4 heterocycles. The van der Waals surface area contributed by atoms with E-state index in [4.69, 9.17) is 18.8 Å². The summed E-state index contributed by atoms with van der Waals surface area (Å²) < 4.78 is 11.0. The summed E-state index contributed by atoms with van der Waals surface area (Å²) >= 11 is 1.50. The smallest absolute Gasteiger partial charge is 0.287 e. The average Bonchev–Trinajstić information content (AvgIpc) is 3.59. The Morgan fingerprint density at radius 3 is 2.60 bits per heavy atom. The highest BCUT2D eigenvalue weighted by Gasteiger charge is 2.18. The molecule has 0 saturated carbocycles. The highest BCUT2D eigenvalue weighted by molar-refractivity contribution is 7.98. The van der Waals surface area contributed by atoms with E-state index in [1.165, 1.54) is 11.8 Å². The maximum Gasteiger partial charge on any atom is 0.287 e. The summed E-state index contributed by atoms with van der Waals surface area (Å²) in [6.07, 6.45) is 1.58. The molecule has 1 aliphatic heterocycles. The number of rotatable bonds is 8. The van der Waals surface area contributed by atoms with Gasteiger partial charge in [-0.05, 0) is 31.3 Å². The van der Waals surface area contributed by atoms with E-state index in [1.54, 1.807) is 18.4 Å². The number of likely N-dealkylation sites (N-methyl/N-ethyl adjacent to an activating group) is 1. The van der Waals surface area contributed by atoms with E-state index < -0.39 is 0 Å². The number of hydrogen-bond donors (Lipinski definition) is 1. The predicted molar refractivity (Wildman–Crippen MR) is 135 cm³/mol. The average molecular weight is 490 g/mol. The van der Waals surface area contributed by atoms with Crippen LogP contribution in [0.5, 0.6) is 0 Å². The zero-order chi connectivity index (χ0) is 24.0. The Kier molecular flexibility index (Phi) is 7.15. The van der Waals surface area contributed by atoms with Crippen molar-refractivity contribution >= 4 is 23.5 Å². The first-order valence-corrected chi connectivity index (χ1v) is 12.5. The molecule has 1 aromatic carbocycles. The Morgan fingerprint density at radius 1 is 1.00 bits per heavy atom. The molecule has 0 unspecified atom stereocenters. The number of nitrogens with one attached hydrogen (secondary N) is 1. The van der Waals surface area contributed by atoms with Crippen molar-refractivity contribution in [3.05, 3.63) is 84.2 Å². The summed E-state index contributed by atoms with van der Waals surface area (Å²) in [6.45, 7) is 4.18. The van der Waals surface area contributed by atoms with Crippen molar-refractivity contribution in [3.8, 4) is 11.3 Å². The van der Waals surface area contributed by atoms with E-state index in [1.807, 2.05) is 30.3 Å². The predicted octanol–water partition coefficient (Wildman–Crippen LogP) is 4.30. The Hall–Kier alpha value is -3.56. The first-order valence-electron chi connectivity index (χ1n) is 11.5. The molecule has 8 nitrogen and oxygen atoms in total. The zero-order valence-electron chi connectivity index (χ0n) is 19.5. The minimum atomic E-state index is -0.280. The Morgan fingerprint density at radius 2 is 1.83 bits per heavy atom. The zero-order valence-corrected chi connectivity index (χ0v) is 20.3. The molecule has 180 valence electrons. The molecule has 1 aliphatic rings. The molecule has 1 fully saturated rings. The number of thioether (sulfide) groups is 1. The van der Waals surface area contributed by atoms with Crippen LogP contribution in [0.1, 0.15) is 22.1 Å². The molecule has 1 amide bonds. The van der Waals surface area contributed by atoms with Gasteiger partial charge in [0.2, 0.25) is 0 Å².